The lowest BCUT2D eigenvalue weighted by molar-refractivity contribution is 0.670. The van der Waals surface area contributed by atoms with E-state index in [1.165, 1.54) is 60.6 Å². The molecule has 1 heterocycles. The molecular formula is C54H35NO. The molecule has 2 atom stereocenters. The van der Waals surface area contributed by atoms with E-state index in [1.54, 1.807) is 0 Å². The Labute approximate surface area is 325 Å². The fraction of sp³-hybridized carbons (Fsp3) is 0.0370. The Morgan fingerprint density at radius 3 is 2.04 bits per heavy atom. The fourth-order valence-electron chi connectivity index (χ4n) is 9.65. The third kappa shape index (κ3) is 4.69. The highest BCUT2D eigenvalue weighted by Crippen LogP contribution is 2.55. The molecule has 0 bridgehead atoms. The van der Waals surface area contributed by atoms with E-state index < -0.39 is 0 Å². The SMILES string of the molecule is C1=CC2=C(N(c3ccc(-c4ccc5c(ccc6ccccc65)c4)cc3)c3ccc(-c4cccc5c4oc4ccccc45)cc3)C=CC3c4ccccc4C(=C1)C23. The van der Waals surface area contributed by atoms with Gasteiger partial charge >= 0.3 is 0 Å². The number of hydrogen-bond acceptors (Lipinski definition) is 2. The zero-order valence-electron chi connectivity index (χ0n) is 30.6. The molecular weight excluding hydrogens is 679 g/mol. The van der Waals surface area contributed by atoms with Crippen molar-refractivity contribution in [2.24, 2.45) is 5.92 Å². The van der Waals surface area contributed by atoms with E-state index in [4.69, 9.17) is 4.42 Å². The maximum absolute atomic E-state index is 6.44. The van der Waals surface area contributed by atoms with Gasteiger partial charge in [0, 0.05) is 45.2 Å². The molecule has 9 aromatic rings. The maximum Gasteiger partial charge on any atom is 0.143 e. The average Bonchev–Trinajstić information content (AvgIpc) is 3.81. The number of hydrogen-bond donors (Lipinski definition) is 0. The van der Waals surface area contributed by atoms with Crippen molar-refractivity contribution in [3.8, 4) is 22.3 Å². The molecule has 0 N–H and O–H groups in total. The van der Waals surface area contributed by atoms with Crippen LogP contribution in [-0.4, -0.2) is 0 Å². The zero-order chi connectivity index (χ0) is 36.7. The molecule has 0 saturated carbocycles. The van der Waals surface area contributed by atoms with Crippen LogP contribution in [0.2, 0.25) is 0 Å². The Bertz CT molecular complexity index is 3190. The lowest BCUT2D eigenvalue weighted by Gasteiger charge is -2.35. The third-order valence-corrected chi connectivity index (χ3v) is 12.3. The average molecular weight is 714 g/mol. The predicted molar refractivity (Wildman–Crippen MR) is 234 cm³/mol. The van der Waals surface area contributed by atoms with Crippen molar-refractivity contribution < 1.29 is 4.42 Å². The number of benzene rings is 8. The Hall–Kier alpha value is -7.16. The number of furan rings is 1. The quantitative estimate of drug-likeness (QED) is 0.165. The van der Waals surface area contributed by atoms with E-state index >= 15 is 0 Å². The van der Waals surface area contributed by atoms with Gasteiger partial charge in [0.15, 0.2) is 0 Å². The van der Waals surface area contributed by atoms with Gasteiger partial charge in [-0.3, -0.25) is 0 Å². The first-order valence-corrected chi connectivity index (χ1v) is 19.5. The van der Waals surface area contributed by atoms with Gasteiger partial charge in [-0.05, 0) is 103 Å². The zero-order valence-corrected chi connectivity index (χ0v) is 30.6. The smallest absolute Gasteiger partial charge is 0.143 e. The van der Waals surface area contributed by atoms with Gasteiger partial charge in [-0.2, -0.15) is 0 Å². The molecule has 0 spiro atoms. The number of para-hydroxylation sites is 2. The second-order valence-electron chi connectivity index (χ2n) is 15.2. The topological polar surface area (TPSA) is 16.4 Å². The van der Waals surface area contributed by atoms with Crippen LogP contribution in [0, 0.1) is 5.92 Å². The van der Waals surface area contributed by atoms with Crippen molar-refractivity contribution in [3.05, 3.63) is 223 Å². The van der Waals surface area contributed by atoms with E-state index in [0.717, 1.165) is 44.4 Å². The standard InChI is InChI=1S/C54H35NO/c1-2-10-41-35(9-1)19-20-38-33-37(25-30-42(38)41)34-21-26-39(27-22-34)55(51-32-31-48-45-12-4-3-11-44(45)47-15-8-17-50(51)53(47)48)40-28-23-36(24-29-40)43-14-7-16-49-46-13-5-6-18-52(46)56-54(43)49/h1-33,48,53H. The maximum atomic E-state index is 6.44. The molecule has 2 heteroatoms. The van der Waals surface area contributed by atoms with Crippen LogP contribution in [0.25, 0.3) is 71.3 Å². The molecule has 0 aliphatic heterocycles. The van der Waals surface area contributed by atoms with Gasteiger partial charge in [0.1, 0.15) is 11.2 Å². The van der Waals surface area contributed by atoms with Crippen molar-refractivity contribution in [2.75, 3.05) is 4.90 Å². The van der Waals surface area contributed by atoms with Crippen LogP contribution in [0.5, 0.6) is 0 Å². The molecule has 1 aromatic heterocycles. The van der Waals surface area contributed by atoms with Crippen molar-refractivity contribution in [2.45, 2.75) is 5.92 Å². The summed E-state index contributed by atoms with van der Waals surface area (Å²) in [6, 6.07) is 61.8. The van der Waals surface area contributed by atoms with Gasteiger partial charge in [0.05, 0.1) is 0 Å². The highest BCUT2D eigenvalue weighted by Gasteiger charge is 2.41. The highest BCUT2D eigenvalue weighted by atomic mass is 16.3. The minimum atomic E-state index is 0.290. The largest absolute Gasteiger partial charge is 0.455 e. The van der Waals surface area contributed by atoms with E-state index in [-0.39, 0.29) is 5.92 Å². The van der Waals surface area contributed by atoms with Gasteiger partial charge in [-0.15, -0.1) is 0 Å². The Kier molecular flexibility index (Phi) is 6.79. The van der Waals surface area contributed by atoms with Gasteiger partial charge in [0.2, 0.25) is 0 Å². The minimum absolute atomic E-state index is 0.290. The van der Waals surface area contributed by atoms with Crippen molar-refractivity contribution in [1.82, 2.24) is 0 Å². The van der Waals surface area contributed by atoms with Crippen LogP contribution < -0.4 is 4.90 Å². The molecule has 2 nitrogen and oxygen atoms in total. The van der Waals surface area contributed by atoms with Crippen LogP contribution >= 0.6 is 0 Å². The summed E-state index contributed by atoms with van der Waals surface area (Å²) in [7, 11) is 0. The summed E-state index contributed by atoms with van der Waals surface area (Å²) in [5, 5.41) is 7.39. The number of rotatable bonds is 5. The second-order valence-corrected chi connectivity index (χ2v) is 15.2. The highest BCUT2D eigenvalue weighted by molar-refractivity contribution is 6.10. The molecule has 0 saturated heterocycles. The number of fused-ring (bicyclic) bond motifs is 9. The minimum Gasteiger partial charge on any atom is -0.455 e. The van der Waals surface area contributed by atoms with E-state index in [2.05, 4.69) is 193 Å². The van der Waals surface area contributed by atoms with E-state index in [1.807, 2.05) is 12.1 Å². The van der Waals surface area contributed by atoms with Crippen LogP contribution in [0.1, 0.15) is 17.0 Å². The van der Waals surface area contributed by atoms with Crippen molar-refractivity contribution in [3.63, 3.8) is 0 Å². The van der Waals surface area contributed by atoms with Crippen LogP contribution in [0.4, 0.5) is 11.4 Å². The van der Waals surface area contributed by atoms with Gasteiger partial charge in [-0.25, -0.2) is 0 Å². The summed E-state index contributed by atoms with van der Waals surface area (Å²) >= 11 is 0. The molecule has 8 aromatic carbocycles. The molecule has 2 unspecified atom stereocenters. The first-order valence-electron chi connectivity index (χ1n) is 19.5. The number of nitrogens with zero attached hydrogens (tertiary/aromatic N) is 1. The molecule has 0 amide bonds. The first-order chi connectivity index (χ1) is 27.8. The molecule has 3 aliphatic rings. The monoisotopic (exact) mass is 713 g/mol. The fourth-order valence-corrected chi connectivity index (χ4v) is 9.65. The summed E-state index contributed by atoms with van der Waals surface area (Å²) in [6.45, 7) is 0. The molecule has 56 heavy (non-hydrogen) atoms. The van der Waals surface area contributed by atoms with Crippen LogP contribution in [-0.2, 0) is 0 Å². The van der Waals surface area contributed by atoms with Gasteiger partial charge in [-0.1, -0.05) is 158 Å². The van der Waals surface area contributed by atoms with Crippen LogP contribution in [0.3, 0.4) is 0 Å². The molecule has 0 radical (unpaired) electrons. The number of anilines is 2. The Morgan fingerprint density at radius 2 is 1.16 bits per heavy atom. The summed E-state index contributed by atoms with van der Waals surface area (Å²) < 4.78 is 6.44. The van der Waals surface area contributed by atoms with Crippen molar-refractivity contribution >= 4 is 60.4 Å². The second kappa shape index (κ2) is 12.2. The lowest BCUT2D eigenvalue weighted by Crippen LogP contribution is -2.24. The van der Waals surface area contributed by atoms with E-state index in [0.29, 0.717) is 5.92 Å². The van der Waals surface area contributed by atoms with Crippen LogP contribution in [0.15, 0.2) is 216 Å². The number of allylic oxidation sites excluding steroid dienone is 7. The molecule has 12 rings (SSSR count). The lowest BCUT2D eigenvalue weighted by atomic mass is 9.77. The van der Waals surface area contributed by atoms with Gasteiger partial charge < -0.3 is 9.32 Å². The normalized spacial score (nSPS) is 16.8. The summed E-state index contributed by atoms with van der Waals surface area (Å²) in [5.74, 6) is 0.625. The Balaban J connectivity index is 0.971. The molecule has 262 valence electrons. The summed E-state index contributed by atoms with van der Waals surface area (Å²) in [5.41, 5.74) is 15.5. The summed E-state index contributed by atoms with van der Waals surface area (Å²) in [4.78, 5) is 2.44. The molecule has 0 fully saturated rings. The Morgan fingerprint density at radius 1 is 0.482 bits per heavy atom. The van der Waals surface area contributed by atoms with Crippen molar-refractivity contribution in [1.29, 1.82) is 0 Å². The first kappa shape index (κ1) is 31.2. The van der Waals surface area contributed by atoms with E-state index in [9.17, 15) is 0 Å². The summed E-state index contributed by atoms with van der Waals surface area (Å²) in [6.07, 6.45) is 11.7. The van der Waals surface area contributed by atoms with Gasteiger partial charge in [0.25, 0.3) is 0 Å². The molecule has 3 aliphatic carbocycles. The third-order valence-electron chi connectivity index (χ3n) is 12.3. The predicted octanol–water partition coefficient (Wildman–Crippen LogP) is 14.6.